The standard InChI is InChI=1S/C12H14O2/c1-2-3-7-10-12(13,14)11-8-5-4-6-9-11/h4-6,8-9,13-14H,2-3H2,1H3. The van der Waals surface area contributed by atoms with Gasteiger partial charge in [0.2, 0.25) is 0 Å². The summed E-state index contributed by atoms with van der Waals surface area (Å²) in [5, 5.41) is 19.2. The summed E-state index contributed by atoms with van der Waals surface area (Å²) >= 11 is 0. The molecule has 1 rings (SSSR count). The second-order valence-corrected chi connectivity index (χ2v) is 3.09. The van der Waals surface area contributed by atoms with Crippen molar-refractivity contribution in [2.24, 2.45) is 0 Å². The fourth-order valence-electron chi connectivity index (χ4n) is 1.05. The van der Waals surface area contributed by atoms with Gasteiger partial charge < -0.3 is 10.2 Å². The molecule has 0 aliphatic rings. The molecule has 0 aromatic heterocycles. The van der Waals surface area contributed by atoms with E-state index in [1.54, 1.807) is 24.3 Å². The van der Waals surface area contributed by atoms with Gasteiger partial charge in [-0.3, -0.25) is 0 Å². The summed E-state index contributed by atoms with van der Waals surface area (Å²) in [4.78, 5) is 0. The van der Waals surface area contributed by atoms with Gasteiger partial charge in [0.25, 0.3) is 5.79 Å². The highest BCUT2D eigenvalue weighted by Crippen LogP contribution is 2.15. The Balaban J connectivity index is 2.82. The van der Waals surface area contributed by atoms with Crippen LogP contribution in [0.25, 0.3) is 0 Å². The van der Waals surface area contributed by atoms with E-state index < -0.39 is 5.79 Å². The quantitative estimate of drug-likeness (QED) is 0.549. The van der Waals surface area contributed by atoms with Gasteiger partial charge in [0, 0.05) is 12.0 Å². The first-order chi connectivity index (χ1) is 6.67. The third kappa shape index (κ3) is 2.88. The zero-order valence-electron chi connectivity index (χ0n) is 8.20. The molecular formula is C12H14O2. The lowest BCUT2D eigenvalue weighted by atomic mass is 10.1. The van der Waals surface area contributed by atoms with Crippen LogP contribution in [0, 0.1) is 11.8 Å². The molecule has 0 spiro atoms. The number of unbranched alkanes of at least 4 members (excludes halogenated alkanes) is 1. The highest BCUT2D eigenvalue weighted by molar-refractivity contribution is 5.27. The maximum Gasteiger partial charge on any atom is 0.256 e. The molecule has 0 heterocycles. The lowest BCUT2D eigenvalue weighted by molar-refractivity contribution is -0.116. The van der Waals surface area contributed by atoms with Gasteiger partial charge in [-0.2, -0.15) is 0 Å². The van der Waals surface area contributed by atoms with Crippen LogP contribution >= 0.6 is 0 Å². The summed E-state index contributed by atoms with van der Waals surface area (Å²) in [6.07, 6.45) is 1.59. The fourth-order valence-corrected chi connectivity index (χ4v) is 1.05. The Labute approximate surface area is 84.2 Å². The van der Waals surface area contributed by atoms with Gasteiger partial charge in [0.15, 0.2) is 0 Å². The highest BCUT2D eigenvalue weighted by Gasteiger charge is 2.21. The van der Waals surface area contributed by atoms with Crippen molar-refractivity contribution in [1.29, 1.82) is 0 Å². The van der Waals surface area contributed by atoms with Gasteiger partial charge in [0.05, 0.1) is 0 Å². The van der Waals surface area contributed by atoms with Crippen LogP contribution in [0.1, 0.15) is 25.3 Å². The van der Waals surface area contributed by atoms with Crippen LogP contribution in [0.5, 0.6) is 0 Å². The van der Waals surface area contributed by atoms with Gasteiger partial charge in [-0.1, -0.05) is 43.2 Å². The van der Waals surface area contributed by atoms with E-state index in [9.17, 15) is 10.2 Å². The molecule has 0 saturated carbocycles. The molecule has 2 heteroatoms. The molecule has 0 amide bonds. The molecule has 0 radical (unpaired) electrons. The highest BCUT2D eigenvalue weighted by atomic mass is 16.5. The molecule has 0 saturated heterocycles. The smallest absolute Gasteiger partial charge is 0.256 e. The van der Waals surface area contributed by atoms with E-state index in [4.69, 9.17) is 0 Å². The number of hydrogen-bond acceptors (Lipinski definition) is 2. The fraction of sp³-hybridized carbons (Fsp3) is 0.333. The topological polar surface area (TPSA) is 40.5 Å². The predicted octanol–water partition coefficient (Wildman–Crippen LogP) is 1.63. The lowest BCUT2D eigenvalue weighted by Crippen LogP contribution is -2.22. The Hall–Kier alpha value is -1.30. The minimum Gasteiger partial charge on any atom is -0.352 e. The normalized spacial score (nSPS) is 10.5. The van der Waals surface area contributed by atoms with E-state index >= 15 is 0 Å². The van der Waals surface area contributed by atoms with E-state index in [1.165, 1.54) is 0 Å². The van der Waals surface area contributed by atoms with Crippen LogP contribution in [0.15, 0.2) is 30.3 Å². The molecule has 0 atom stereocenters. The maximum atomic E-state index is 9.59. The number of hydrogen-bond donors (Lipinski definition) is 2. The monoisotopic (exact) mass is 190 g/mol. The van der Waals surface area contributed by atoms with Crippen LogP contribution in [-0.2, 0) is 5.79 Å². The third-order valence-corrected chi connectivity index (χ3v) is 1.81. The number of benzene rings is 1. The Bertz CT molecular complexity index is 330. The van der Waals surface area contributed by atoms with Crippen molar-refractivity contribution >= 4 is 0 Å². The van der Waals surface area contributed by atoms with Crippen molar-refractivity contribution in [3.8, 4) is 11.8 Å². The van der Waals surface area contributed by atoms with Crippen molar-refractivity contribution in [3.63, 3.8) is 0 Å². The molecule has 2 nitrogen and oxygen atoms in total. The molecule has 0 aliphatic carbocycles. The third-order valence-electron chi connectivity index (χ3n) is 1.81. The molecule has 1 aromatic carbocycles. The summed E-state index contributed by atoms with van der Waals surface area (Å²) in [6.45, 7) is 1.99. The molecule has 0 fully saturated rings. The molecule has 0 bridgehead atoms. The molecule has 1 aromatic rings. The number of rotatable bonds is 2. The maximum absolute atomic E-state index is 9.59. The van der Waals surface area contributed by atoms with Crippen molar-refractivity contribution in [1.82, 2.24) is 0 Å². The summed E-state index contributed by atoms with van der Waals surface area (Å²) < 4.78 is 0. The zero-order valence-corrected chi connectivity index (χ0v) is 8.20. The van der Waals surface area contributed by atoms with Gasteiger partial charge in [0.1, 0.15) is 0 Å². The van der Waals surface area contributed by atoms with Crippen LogP contribution in [0.2, 0.25) is 0 Å². The summed E-state index contributed by atoms with van der Waals surface area (Å²) in [5.41, 5.74) is 0.406. The van der Waals surface area contributed by atoms with E-state index in [1.807, 2.05) is 13.0 Å². The molecule has 0 unspecified atom stereocenters. The van der Waals surface area contributed by atoms with Gasteiger partial charge in [-0.05, 0) is 12.3 Å². The zero-order chi connectivity index (χ0) is 10.4. The molecular weight excluding hydrogens is 176 g/mol. The van der Waals surface area contributed by atoms with Gasteiger partial charge in [-0.25, -0.2) is 0 Å². The van der Waals surface area contributed by atoms with E-state index in [0.717, 1.165) is 6.42 Å². The van der Waals surface area contributed by atoms with Crippen LogP contribution < -0.4 is 0 Å². The van der Waals surface area contributed by atoms with Crippen molar-refractivity contribution in [2.45, 2.75) is 25.6 Å². The number of aliphatic hydroxyl groups is 2. The Morgan fingerprint density at radius 1 is 1.21 bits per heavy atom. The minimum absolute atomic E-state index is 0.406. The van der Waals surface area contributed by atoms with E-state index in [2.05, 4.69) is 11.8 Å². The Morgan fingerprint density at radius 2 is 1.86 bits per heavy atom. The van der Waals surface area contributed by atoms with E-state index in [-0.39, 0.29) is 0 Å². The average Bonchev–Trinajstić information content (AvgIpc) is 2.19. The van der Waals surface area contributed by atoms with Crippen molar-refractivity contribution in [3.05, 3.63) is 35.9 Å². The van der Waals surface area contributed by atoms with Crippen LogP contribution in [0.4, 0.5) is 0 Å². The Kier molecular flexibility index (Phi) is 3.70. The molecule has 2 N–H and O–H groups in total. The first-order valence-electron chi connectivity index (χ1n) is 4.67. The van der Waals surface area contributed by atoms with E-state index in [0.29, 0.717) is 12.0 Å². The van der Waals surface area contributed by atoms with Crippen LogP contribution in [0.3, 0.4) is 0 Å². The molecule has 74 valence electrons. The second kappa shape index (κ2) is 4.80. The average molecular weight is 190 g/mol. The lowest BCUT2D eigenvalue weighted by Gasteiger charge is -2.14. The summed E-state index contributed by atoms with van der Waals surface area (Å²) in [5.74, 6) is 3.14. The second-order valence-electron chi connectivity index (χ2n) is 3.09. The minimum atomic E-state index is -2.02. The summed E-state index contributed by atoms with van der Waals surface area (Å²) in [7, 11) is 0. The molecule has 0 aliphatic heterocycles. The van der Waals surface area contributed by atoms with Crippen molar-refractivity contribution in [2.75, 3.05) is 0 Å². The van der Waals surface area contributed by atoms with Gasteiger partial charge in [-0.15, -0.1) is 0 Å². The van der Waals surface area contributed by atoms with Crippen molar-refractivity contribution < 1.29 is 10.2 Å². The first-order valence-corrected chi connectivity index (χ1v) is 4.67. The van der Waals surface area contributed by atoms with Crippen LogP contribution in [-0.4, -0.2) is 10.2 Å². The predicted molar refractivity (Wildman–Crippen MR) is 55.2 cm³/mol. The van der Waals surface area contributed by atoms with Gasteiger partial charge >= 0.3 is 0 Å². The SMILES string of the molecule is CCCC#CC(O)(O)c1ccccc1. The Morgan fingerprint density at radius 3 is 2.43 bits per heavy atom. The first kappa shape index (κ1) is 10.8. The molecule has 14 heavy (non-hydrogen) atoms. The largest absolute Gasteiger partial charge is 0.352 e. The summed E-state index contributed by atoms with van der Waals surface area (Å²) in [6, 6.07) is 8.59.